The van der Waals surface area contributed by atoms with Gasteiger partial charge in [0.1, 0.15) is 37.7 Å². The van der Waals surface area contributed by atoms with Crippen molar-refractivity contribution in [2.45, 2.75) is 37.8 Å². The van der Waals surface area contributed by atoms with Gasteiger partial charge in [0, 0.05) is 61.2 Å². The van der Waals surface area contributed by atoms with Gasteiger partial charge in [-0.1, -0.05) is 48.3 Å². The molecule has 4 aromatic rings. The quantitative estimate of drug-likeness (QED) is 0.213. The minimum Gasteiger partial charge on any atom is -0.491 e. The molecule has 1 N–H and O–H groups in total. The number of piperazine rings is 1. The van der Waals surface area contributed by atoms with Gasteiger partial charge in [-0.15, -0.1) is 0 Å². The molecule has 3 fully saturated rings. The monoisotopic (exact) mass is 691 g/mol. The van der Waals surface area contributed by atoms with E-state index in [1.54, 1.807) is 23.1 Å². The predicted molar refractivity (Wildman–Crippen MR) is 185 cm³/mol. The van der Waals surface area contributed by atoms with E-state index in [1.165, 1.54) is 17.6 Å². The highest BCUT2D eigenvalue weighted by atomic mass is 35.5. The predicted octanol–water partition coefficient (Wildman–Crippen LogP) is 5.74. The van der Waals surface area contributed by atoms with E-state index in [4.69, 9.17) is 37.4 Å². The standard InChI is InChI=1S/C35H39Cl2N7O4/c1-2-13-44-33(19-39-34(44)45)25-3-6-27(7-4-25)41-14-16-42(17-15-41)28-8-10-29(11-9-28)46-20-30-21-47-35(48-30,22-43-24-38-23-40-43)31-12-5-26(36)18-32(31)37/h3-12,18,23-24,30,33H,2,13-17,19-22H2,1H3,(H,39,45)/t30-,33?,35-/m1/s1. The van der Waals surface area contributed by atoms with Crippen LogP contribution in [0.25, 0.3) is 0 Å². The van der Waals surface area contributed by atoms with Gasteiger partial charge in [0.2, 0.25) is 5.79 Å². The highest BCUT2D eigenvalue weighted by Gasteiger charge is 2.45. The van der Waals surface area contributed by atoms with Gasteiger partial charge in [-0.3, -0.25) is 0 Å². The molecule has 3 saturated heterocycles. The molecule has 0 saturated carbocycles. The van der Waals surface area contributed by atoms with Gasteiger partial charge in [-0.25, -0.2) is 14.5 Å². The molecule has 48 heavy (non-hydrogen) atoms. The van der Waals surface area contributed by atoms with Crippen LogP contribution in [0.2, 0.25) is 10.0 Å². The van der Waals surface area contributed by atoms with Crippen LogP contribution in [0.1, 0.15) is 30.5 Å². The molecule has 3 aliphatic heterocycles. The van der Waals surface area contributed by atoms with E-state index in [9.17, 15) is 4.79 Å². The Labute approximate surface area is 290 Å². The number of carbonyl (C=O) groups excluding carboxylic acids is 1. The summed E-state index contributed by atoms with van der Waals surface area (Å²) in [7, 11) is 0. The Morgan fingerprint density at radius 1 is 0.979 bits per heavy atom. The van der Waals surface area contributed by atoms with Crippen molar-refractivity contribution in [3.63, 3.8) is 0 Å². The number of rotatable bonds is 11. The number of halogens is 2. The van der Waals surface area contributed by atoms with Crippen LogP contribution in [0.5, 0.6) is 5.75 Å². The van der Waals surface area contributed by atoms with E-state index in [0.717, 1.165) is 50.6 Å². The zero-order valence-electron chi connectivity index (χ0n) is 26.8. The van der Waals surface area contributed by atoms with E-state index in [0.29, 0.717) is 35.4 Å². The van der Waals surface area contributed by atoms with Crippen LogP contribution in [-0.2, 0) is 21.8 Å². The summed E-state index contributed by atoms with van der Waals surface area (Å²) in [5.74, 6) is -0.391. The smallest absolute Gasteiger partial charge is 0.318 e. The van der Waals surface area contributed by atoms with Crippen molar-refractivity contribution in [1.29, 1.82) is 0 Å². The minimum atomic E-state index is -1.15. The summed E-state index contributed by atoms with van der Waals surface area (Å²) in [4.78, 5) is 23.0. The minimum absolute atomic E-state index is 0.0292. The summed E-state index contributed by atoms with van der Waals surface area (Å²) in [6.45, 7) is 8.13. The van der Waals surface area contributed by atoms with E-state index >= 15 is 0 Å². The Kier molecular flexibility index (Phi) is 9.63. The van der Waals surface area contributed by atoms with Gasteiger partial charge < -0.3 is 34.2 Å². The van der Waals surface area contributed by atoms with E-state index in [1.807, 2.05) is 23.1 Å². The van der Waals surface area contributed by atoms with Crippen molar-refractivity contribution in [3.05, 3.63) is 101 Å². The van der Waals surface area contributed by atoms with Gasteiger partial charge in [0.15, 0.2) is 0 Å². The number of benzene rings is 3. The molecule has 0 aliphatic carbocycles. The molecule has 0 spiro atoms. The first-order chi connectivity index (χ1) is 23.4. The number of hydrogen-bond donors (Lipinski definition) is 1. The Balaban J connectivity index is 0.917. The molecule has 13 heteroatoms. The molecule has 3 aromatic carbocycles. The van der Waals surface area contributed by atoms with E-state index < -0.39 is 5.79 Å². The van der Waals surface area contributed by atoms with E-state index in [-0.39, 0.29) is 24.7 Å². The maximum atomic E-state index is 12.2. The molecule has 3 aliphatic rings. The maximum absolute atomic E-state index is 12.2. The van der Waals surface area contributed by atoms with Crippen molar-refractivity contribution in [2.75, 3.05) is 62.3 Å². The van der Waals surface area contributed by atoms with Gasteiger partial charge in [-0.2, -0.15) is 5.10 Å². The number of amides is 2. The van der Waals surface area contributed by atoms with Crippen LogP contribution < -0.4 is 19.9 Å². The van der Waals surface area contributed by atoms with Gasteiger partial charge >= 0.3 is 6.03 Å². The van der Waals surface area contributed by atoms with Crippen LogP contribution >= 0.6 is 23.2 Å². The number of hydrogen-bond acceptors (Lipinski definition) is 8. The fourth-order valence-electron chi connectivity index (χ4n) is 6.69. The fourth-order valence-corrected chi connectivity index (χ4v) is 7.24. The summed E-state index contributed by atoms with van der Waals surface area (Å²) in [5.41, 5.74) is 4.22. The molecular formula is C35H39Cl2N7O4. The molecule has 1 unspecified atom stereocenters. The first-order valence-electron chi connectivity index (χ1n) is 16.4. The van der Waals surface area contributed by atoms with Gasteiger partial charge in [-0.05, 0) is 60.5 Å². The molecule has 3 atom stereocenters. The summed E-state index contributed by atoms with van der Waals surface area (Å²) < 4.78 is 20.5. The second-order valence-electron chi connectivity index (χ2n) is 12.3. The Morgan fingerprint density at radius 3 is 2.33 bits per heavy atom. The SMILES string of the molecule is CCCN1C(=O)NCC1c1ccc(N2CCN(c3ccc(OC[C@@H]4CO[C@@](Cn5cncn5)(c5ccc(Cl)cc5Cl)O4)cc3)CC2)cc1. The molecule has 0 bridgehead atoms. The zero-order chi connectivity index (χ0) is 33.1. The van der Waals surface area contributed by atoms with Gasteiger partial charge in [0.25, 0.3) is 0 Å². The third-order valence-corrected chi connectivity index (χ3v) is 9.69. The average molecular weight is 693 g/mol. The number of urea groups is 1. The number of carbonyl (C=O) groups is 1. The maximum Gasteiger partial charge on any atom is 0.318 e. The normalized spacial score (nSPS) is 22.7. The second kappa shape index (κ2) is 14.2. The fraction of sp³-hybridized carbons (Fsp3) is 0.400. The molecule has 2 amide bonds. The zero-order valence-corrected chi connectivity index (χ0v) is 28.3. The van der Waals surface area contributed by atoms with Crippen LogP contribution in [0, 0.1) is 0 Å². The van der Waals surface area contributed by atoms with Crippen molar-refractivity contribution in [2.24, 2.45) is 0 Å². The van der Waals surface area contributed by atoms with Crippen LogP contribution in [0.15, 0.2) is 79.4 Å². The molecule has 252 valence electrons. The third kappa shape index (κ3) is 6.91. The van der Waals surface area contributed by atoms with Crippen molar-refractivity contribution < 1.29 is 19.0 Å². The third-order valence-electron chi connectivity index (χ3n) is 9.15. The lowest BCUT2D eigenvalue weighted by molar-refractivity contribution is -0.190. The van der Waals surface area contributed by atoms with Crippen LogP contribution in [0.4, 0.5) is 16.2 Å². The number of ether oxygens (including phenoxy) is 3. The number of nitrogens with one attached hydrogen (secondary N) is 1. The number of anilines is 2. The largest absolute Gasteiger partial charge is 0.491 e. The summed E-state index contributed by atoms with van der Waals surface area (Å²) in [5, 5.41) is 8.20. The summed E-state index contributed by atoms with van der Waals surface area (Å²) >= 11 is 12.7. The first kappa shape index (κ1) is 32.5. The number of nitrogens with zero attached hydrogens (tertiary/aromatic N) is 6. The molecule has 11 nitrogen and oxygen atoms in total. The summed E-state index contributed by atoms with van der Waals surface area (Å²) in [6, 6.07) is 22.3. The van der Waals surface area contributed by atoms with E-state index in [2.05, 4.69) is 68.5 Å². The number of aromatic nitrogens is 3. The van der Waals surface area contributed by atoms with Crippen molar-refractivity contribution in [3.8, 4) is 5.75 Å². The first-order valence-corrected chi connectivity index (χ1v) is 17.1. The summed E-state index contributed by atoms with van der Waals surface area (Å²) in [6.07, 6.45) is 3.70. The lowest BCUT2D eigenvalue weighted by Crippen LogP contribution is -2.46. The second-order valence-corrected chi connectivity index (χ2v) is 13.1. The Hall–Kier alpha value is -4.03. The molecule has 4 heterocycles. The Morgan fingerprint density at radius 2 is 1.69 bits per heavy atom. The molecular weight excluding hydrogens is 653 g/mol. The van der Waals surface area contributed by atoms with Crippen molar-refractivity contribution >= 4 is 40.6 Å². The average Bonchev–Trinajstić information content (AvgIpc) is 3.86. The highest BCUT2D eigenvalue weighted by Crippen LogP contribution is 2.40. The highest BCUT2D eigenvalue weighted by molar-refractivity contribution is 6.35. The van der Waals surface area contributed by atoms with Crippen molar-refractivity contribution in [1.82, 2.24) is 25.0 Å². The molecule has 7 rings (SSSR count). The lowest BCUT2D eigenvalue weighted by Gasteiger charge is -2.37. The van der Waals surface area contributed by atoms with Crippen LogP contribution in [0.3, 0.4) is 0 Å². The van der Waals surface area contributed by atoms with Gasteiger partial charge in [0.05, 0.1) is 17.7 Å². The van der Waals surface area contributed by atoms with Crippen LogP contribution in [-0.4, -0.2) is 84.3 Å². The molecule has 1 aromatic heterocycles. The lowest BCUT2D eigenvalue weighted by atomic mass is 10.1. The Bertz CT molecular complexity index is 1680. The topological polar surface area (TPSA) is 97.2 Å². The molecule has 0 radical (unpaired) electrons.